The Hall–Kier alpha value is 0.170. The Morgan fingerprint density at radius 1 is 1.29 bits per heavy atom. The standard InChI is InChI=1S/C13H22N2S2/c1-16-13(6-7-13)9-15-11-14-8-12(10-17-11)4-2-3-5-12/h2-10H2,1H3,(H,14,15). The van der Waals surface area contributed by atoms with E-state index in [2.05, 4.69) is 11.6 Å². The number of thioether (sulfide) groups is 2. The zero-order chi connectivity index (χ0) is 11.8. The number of aliphatic imine (C=N–C) groups is 1. The molecule has 0 saturated heterocycles. The third-order valence-corrected chi connectivity index (χ3v) is 7.26. The molecule has 3 rings (SSSR count). The minimum absolute atomic E-state index is 0.547. The lowest BCUT2D eigenvalue weighted by atomic mass is 9.89. The second kappa shape index (κ2) is 4.69. The van der Waals surface area contributed by atoms with E-state index in [1.165, 1.54) is 49.4 Å². The van der Waals surface area contributed by atoms with Crippen LogP contribution in [-0.4, -0.2) is 35.0 Å². The van der Waals surface area contributed by atoms with E-state index >= 15 is 0 Å². The molecule has 0 aromatic heterocycles. The van der Waals surface area contributed by atoms with E-state index in [1.807, 2.05) is 23.5 Å². The lowest BCUT2D eigenvalue weighted by Gasteiger charge is -2.31. The zero-order valence-electron chi connectivity index (χ0n) is 10.6. The van der Waals surface area contributed by atoms with Crippen molar-refractivity contribution in [2.45, 2.75) is 43.3 Å². The highest BCUT2D eigenvalue weighted by Gasteiger charge is 2.42. The maximum absolute atomic E-state index is 4.79. The van der Waals surface area contributed by atoms with E-state index in [-0.39, 0.29) is 0 Å². The van der Waals surface area contributed by atoms with Gasteiger partial charge in [0.05, 0.1) is 0 Å². The lowest BCUT2D eigenvalue weighted by molar-refractivity contribution is 0.358. The molecular formula is C13H22N2S2. The summed E-state index contributed by atoms with van der Waals surface area (Å²) in [6.45, 7) is 2.20. The highest BCUT2D eigenvalue weighted by molar-refractivity contribution is 8.13. The van der Waals surface area contributed by atoms with Crippen molar-refractivity contribution in [1.82, 2.24) is 5.32 Å². The van der Waals surface area contributed by atoms with Crippen LogP contribution < -0.4 is 5.32 Å². The maximum atomic E-state index is 4.79. The molecule has 0 amide bonds. The second-order valence-corrected chi connectivity index (χ2v) is 8.10. The van der Waals surface area contributed by atoms with Crippen molar-refractivity contribution in [2.24, 2.45) is 10.4 Å². The first-order chi connectivity index (χ1) is 8.26. The van der Waals surface area contributed by atoms with Crippen molar-refractivity contribution in [3.8, 4) is 0 Å². The summed E-state index contributed by atoms with van der Waals surface area (Å²) in [6, 6.07) is 0. The fourth-order valence-electron chi connectivity index (χ4n) is 2.92. The van der Waals surface area contributed by atoms with Gasteiger partial charge in [-0.3, -0.25) is 4.99 Å². The van der Waals surface area contributed by atoms with Gasteiger partial charge in [-0.25, -0.2) is 0 Å². The molecule has 0 aromatic rings. The van der Waals surface area contributed by atoms with Crippen LogP contribution in [0.4, 0.5) is 0 Å². The van der Waals surface area contributed by atoms with Gasteiger partial charge in [-0.05, 0) is 37.4 Å². The van der Waals surface area contributed by atoms with E-state index in [1.54, 1.807) is 0 Å². The van der Waals surface area contributed by atoms with Gasteiger partial charge in [-0.2, -0.15) is 11.8 Å². The second-order valence-electron chi connectivity index (χ2n) is 5.86. The predicted octanol–water partition coefficient (Wildman–Crippen LogP) is 3.13. The van der Waals surface area contributed by atoms with Gasteiger partial charge in [-0.1, -0.05) is 24.6 Å². The predicted molar refractivity (Wildman–Crippen MR) is 79.1 cm³/mol. The minimum Gasteiger partial charge on any atom is -0.364 e. The van der Waals surface area contributed by atoms with Gasteiger partial charge in [0.25, 0.3) is 0 Å². The first-order valence-corrected chi connectivity index (χ1v) is 8.93. The van der Waals surface area contributed by atoms with Gasteiger partial charge < -0.3 is 5.32 Å². The van der Waals surface area contributed by atoms with E-state index in [0.29, 0.717) is 10.2 Å². The van der Waals surface area contributed by atoms with Crippen LogP contribution >= 0.6 is 23.5 Å². The Balaban J connectivity index is 1.51. The van der Waals surface area contributed by atoms with E-state index < -0.39 is 0 Å². The van der Waals surface area contributed by atoms with E-state index in [9.17, 15) is 0 Å². The van der Waals surface area contributed by atoms with Crippen molar-refractivity contribution in [1.29, 1.82) is 0 Å². The quantitative estimate of drug-likeness (QED) is 0.852. The largest absolute Gasteiger partial charge is 0.364 e. The summed E-state index contributed by atoms with van der Waals surface area (Å²) in [5.41, 5.74) is 0.576. The highest BCUT2D eigenvalue weighted by Crippen LogP contribution is 2.47. The van der Waals surface area contributed by atoms with Gasteiger partial charge >= 0.3 is 0 Å². The van der Waals surface area contributed by atoms with Crippen LogP contribution in [0, 0.1) is 5.41 Å². The molecule has 1 N–H and O–H groups in total. The van der Waals surface area contributed by atoms with Crippen LogP contribution in [0.3, 0.4) is 0 Å². The molecular weight excluding hydrogens is 248 g/mol. The first kappa shape index (κ1) is 12.2. The Kier molecular flexibility index (Phi) is 3.37. The molecule has 0 bridgehead atoms. The Morgan fingerprint density at radius 2 is 2.06 bits per heavy atom. The molecule has 2 nitrogen and oxygen atoms in total. The van der Waals surface area contributed by atoms with Gasteiger partial charge in [0.15, 0.2) is 5.17 Å². The van der Waals surface area contributed by atoms with Gasteiger partial charge in [0.2, 0.25) is 0 Å². The summed E-state index contributed by atoms with van der Waals surface area (Å²) in [5, 5.41) is 4.78. The molecule has 0 aromatic carbocycles. The summed E-state index contributed by atoms with van der Waals surface area (Å²) in [4.78, 5) is 4.79. The lowest BCUT2D eigenvalue weighted by Crippen LogP contribution is -2.36. The molecule has 17 heavy (non-hydrogen) atoms. The average Bonchev–Trinajstić information content (AvgIpc) is 3.03. The van der Waals surface area contributed by atoms with Crippen LogP contribution in [-0.2, 0) is 0 Å². The number of nitrogens with zero attached hydrogens (tertiary/aromatic N) is 1. The molecule has 1 heterocycles. The Morgan fingerprint density at radius 3 is 2.59 bits per heavy atom. The topological polar surface area (TPSA) is 24.4 Å². The van der Waals surface area contributed by atoms with Crippen LogP contribution in [0.1, 0.15) is 38.5 Å². The third-order valence-electron chi connectivity index (χ3n) is 4.54. The summed E-state index contributed by atoms with van der Waals surface area (Å²) >= 11 is 3.99. The molecule has 96 valence electrons. The summed E-state index contributed by atoms with van der Waals surface area (Å²) < 4.78 is 0.547. The van der Waals surface area contributed by atoms with Crippen molar-refractivity contribution >= 4 is 28.7 Å². The third kappa shape index (κ3) is 2.62. The monoisotopic (exact) mass is 270 g/mol. The number of hydrogen-bond acceptors (Lipinski definition) is 4. The van der Waals surface area contributed by atoms with Crippen LogP contribution in [0.25, 0.3) is 0 Å². The molecule has 0 atom stereocenters. The van der Waals surface area contributed by atoms with Gasteiger partial charge in [-0.15, -0.1) is 0 Å². The summed E-state index contributed by atoms with van der Waals surface area (Å²) in [5.74, 6) is 1.30. The van der Waals surface area contributed by atoms with Crippen LogP contribution in [0.15, 0.2) is 4.99 Å². The minimum atomic E-state index is 0.547. The fourth-order valence-corrected chi connectivity index (χ4v) is 4.80. The smallest absolute Gasteiger partial charge is 0.156 e. The van der Waals surface area contributed by atoms with Crippen LogP contribution in [0.2, 0.25) is 0 Å². The maximum Gasteiger partial charge on any atom is 0.156 e. The van der Waals surface area contributed by atoms with Gasteiger partial charge in [0.1, 0.15) is 0 Å². The molecule has 0 unspecified atom stereocenters. The summed E-state index contributed by atoms with van der Waals surface area (Å²) in [6.07, 6.45) is 10.7. The molecule has 2 aliphatic carbocycles. The molecule has 1 aliphatic heterocycles. The van der Waals surface area contributed by atoms with Crippen molar-refractivity contribution < 1.29 is 0 Å². The van der Waals surface area contributed by atoms with Gasteiger partial charge in [0, 0.05) is 23.6 Å². The number of nitrogens with one attached hydrogen (secondary N) is 1. The number of amidine groups is 1. The summed E-state index contributed by atoms with van der Waals surface area (Å²) in [7, 11) is 0. The normalized spacial score (nSPS) is 29.1. The van der Waals surface area contributed by atoms with E-state index in [0.717, 1.165) is 13.1 Å². The SMILES string of the molecule is CSC1(CNC2=NCC3(CCCC3)CS2)CC1. The van der Waals surface area contributed by atoms with E-state index in [4.69, 9.17) is 4.99 Å². The molecule has 2 fully saturated rings. The Labute approximate surface area is 113 Å². The number of hydrogen-bond donors (Lipinski definition) is 1. The number of rotatable bonds is 3. The first-order valence-electron chi connectivity index (χ1n) is 6.72. The molecule has 2 saturated carbocycles. The molecule has 1 spiro atoms. The molecule has 3 aliphatic rings. The molecule has 4 heteroatoms. The Bertz CT molecular complexity index is 317. The zero-order valence-corrected chi connectivity index (χ0v) is 12.3. The van der Waals surface area contributed by atoms with Crippen molar-refractivity contribution in [2.75, 3.05) is 25.1 Å². The average molecular weight is 270 g/mol. The van der Waals surface area contributed by atoms with Crippen LogP contribution in [0.5, 0.6) is 0 Å². The fraction of sp³-hybridized carbons (Fsp3) is 0.923. The van der Waals surface area contributed by atoms with Crippen molar-refractivity contribution in [3.05, 3.63) is 0 Å². The highest BCUT2D eigenvalue weighted by atomic mass is 32.2. The van der Waals surface area contributed by atoms with Crippen molar-refractivity contribution in [3.63, 3.8) is 0 Å². The molecule has 0 radical (unpaired) electrons.